The van der Waals surface area contributed by atoms with Gasteiger partial charge in [-0.1, -0.05) is 6.07 Å². The van der Waals surface area contributed by atoms with Crippen molar-refractivity contribution in [1.29, 1.82) is 0 Å². The molecule has 3 aliphatic heterocycles. The van der Waals surface area contributed by atoms with Crippen molar-refractivity contribution >= 4 is 29.1 Å². The Labute approximate surface area is 294 Å². The van der Waals surface area contributed by atoms with Gasteiger partial charge in [-0.25, -0.2) is 13.2 Å². The molecule has 1 aromatic heterocycles. The van der Waals surface area contributed by atoms with Crippen molar-refractivity contribution in [3.63, 3.8) is 0 Å². The number of pyridine rings is 1. The van der Waals surface area contributed by atoms with Crippen LogP contribution in [-0.2, 0) is 16.6 Å². The smallest absolute Gasteiger partial charge is 0.405 e. The quantitative estimate of drug-likeness (QED) is 0.273. The first-order valence-electron chi connectivity index (χ1n) is 16.6. The standard InChI is InChI=1S/C35H36F6N6O5/c1-20-15-22(18-44(2)32(20)50)21-3-5-24(28(16-21)52-35(39,40)41)33(51)47-10-9-29(34(37,38)19-47)46-13-11-45(12-14-46)27-7-4-23(17-25(27)36)42-26-6-8-30(48)43-31(26)49/h3-5,7,15-18,26,29,42H,6,8-14,19H2,1-2H3,(H,43,48,49). The first kappa shape index (κ1) is 36.7. The van der Waals surface area contributed by atoms with E-state index in [-0.39, 0.29) is 74.7 Å². The van der Waals surface area contributed by atoms with Crippen LogP contribution in [0, 0.1) is 12.7 Å². The van der Waals surface area contributed by atoms with Gasteiger partial charge in [0.25, 0.3) is 17.4 Å². The Morgan fingerprint density at radius 3 is 2.33 bits per heavy atom. The predicted molar refractivity (Wildman–Crippen MR) is 178 cm³/mol. The number of amides is 3. The molecule has 0 bridgehead atoms. The molecule has 278 valence electrons. The number of alkyl halides is 5. The lowest BCUT2D eigenvalue weighted by Gasteiger charge is -2.46. The number of likely N-dealkylation sites (tertiary alicyclic amines) is 1. The van der Waals surface area contributed by atoms with Gasteiger partial charge in [0.1, 0.15) is 17.6 Å². The number of piperazine rings is 1. The summed E-state index contributed by atoms with van der Waals surface area (Å²) in [6.07, 6.45) is -3.48. The molecule has 2 N–H and O–H groups in total. The Morgan fingerprint density at radius 1 is 0.962 bits per heavy atom. The number of anilines is 2. The van der Waals surface area contributed by atoms with Gasteiger partial charge in [-0.05, 0) is 67.3 Å². The first-order valence-corrected chi connectivity index (χ1v) is 16.6. The molecule has 3 saturated heterocycles. The molecule has 0 saturated carbocycles. The van der Waals surface area contributed by atoms with E-state index in [0.717, 1.165) is 17.0 Å². The molecule has 0 radical (unpaired) electrons. The van der Waals surface area contributed by atoms with Gasteiger partial charge in [-0.15, -0.1) is 13.2 Å². The monoisotopic (exact) mass is 734 g/mol. The Hall–Kier alpha value is -5.06. The van der Waals surface area contributed by atoms with E-state index < -0.39 is 59.9 Å². The molecule has 17 heteroatoms. The van der Waals surface area contributed by atoms with Crippen LogP contribution in [0.3, 0.4) is 0 Å². The molecule has 3 amide bonds. The van der Waals surface area contributed by atoms with E-state index in [4.69, 9.17) is 0 Å². The van der Waals surface area contributed by atoms with Gasteiger partial charge < -0.3 is 24.4 Å². The van der Waals surface area contributed by atoms with Crippen molar-refractivity contribution in [3.8, 4) is 16.9 Å². The van der Waals surface area contributed by atoms with Crippen molar-refractivity contribution < 1.29 is 45.5 Å². The third-order valence-corrected chi connectivity index (χ3v) is 9.61. The maximum Gasteiger partial charge on any atom is 0.573 e. The maximum absolute atomic E-state index is 15.7. The van der Waals surface area contributed by atoms with Crippen molar-refractivity contribution in [2.75, 3.05) is 49.5 Å². The minimum atomic E-state index is -5.18. The zero-order valence-electron chi connectivity index (χ0n) is 28.2. The summed E-state index contributed by atoms with van der Waals surface area (Å²) >= 11 is 0. The molecular formula is C35H36F6N6O5. The maximum atomic E-state index is 15.7. The number of hydrogen-bond donors (Lipinski definition) is 2. The fourth-order valence-electron chi connectivity index (χ4n) is 7.00. The Morgan fingerprint density at radius 2 is 1.69 bits per heavy atom. The van der Waals surface area contributed by atoms with Crippen molar-refractivity contribution in [1.82, 2.24) is 19.7 Å². The van der Waals surface area contributed by atoms with Gasteiger partial charge in [0, 0.05) is 63.6 Å². The van der Waals surface area contributed by atoms with E-state index in [1.54, 1.807) is 22.8 Å². The molecular weight excluding hydrogens is 698 g/mol. The van der Waals surface area contributed by atoms with Crippen LogP contribution in [-0.4, -0.2) is 95.7 Å². The second-order valence-electron chi connectivity index (χ2n) is 13.2. The molecule has 2 aromatic carbocycles. The van der Waals surface area contributed by atoms with Gasteiger partial charge in [-0.3, -0.25) is 29.4 Å². The van der Waals surface area contributed by atoms with E-state index in [1.165, 1.54) is 42.1 Å². The lowest BCUT2D eigenvalue weighted by Crippen LogP contribution is -2.62. The number of imide groups is 1. The molecule has 0 spiro atoms. The highest BCUT2D eigenvalue weighted by Crippen LogP contribution is 2.37. The van der Waals surface area contributed by atoms with Crippen LogP contribution in [0.15, 0.2) is 53.5 Å². The third kappa shape index (κ3) is 7.88. The van der Waals surface area contributed by atoms with Gasteiger partial charge in [0.2, 0.25) is 11.8 Å². The predicted octanol–water partition coefficient (Wildman–Crippen LogP) is 4.29. The summed E-state index contributed by atoms with van der Waals surface area (Å²) in [7, 11) is 1.48. The third-order valence-electron chi connectivity index (χ3n) is 9.61. The summed E-state index contributed by atoms with van der Waals surface area (Å²) < 4.78 is 92.4. The number of ether oxygens (including phenoxy) is 1. The van der Waals surface area contributed by atoms with Gasteiger partial charge in [0.05, 0.1) is 23.8 Å². The van der Waals surface area contributed by atoms with Crippen LogP contribution in [0.1, 0.15) is 35.2 Å². The molecule has 11 nitrogen and oxygen atoms in total. The molecule has 2 unspecified atom stereocenters. The lowest BCUT2D eigenvalue weighted by atomic mass is 9.96. The van der Waals surface area contributed by atoms with E-state index >= 15 is 13.2 Å². The fraction of sp³-hybridized carbons (Fsp3) is 0.429. The molecule has 3 fully saturated rings. The molecule has 2 atom stereocenters. The zero-order valence-corrected chi connectivity index (χ0v) is 28.2. The van der Waals surface area contributed by atoms with E-state index in [9.17, 15) is 32.3 Å². The second-order valence-corrected chi connectivity index (χ2v) is 13.2. The average Bonchev–Trinajstić information content (AvgIpc) is 3.07. The number of nitrogens with zero attached hydrogens (tertiary/aromatic N) is 4. The Balaban J connectivity index is 1.10. The van der Waals surface area contributed by atoms with Crippen molar-refractivity contribution in [2.24, 2.45) is 7.05 Å². The van der Waals surface area contributed by atoms with Crippen LogP contribution >= 0.6 is 0 Å². The number of rotatable bonds is 7. The van der Waals surface area contributed by atoms with Gasteiger partial charge in [0.15, 0.2) is 0 Å². The van der Waals surface area contributed by atoms with E-state index in [0.29, 0.717) is 16.8 Å². The second kappa shape index (κ2) is 14.2. The molecule has 6 rings (SSSR count). The Kier molecular flexibility index (Phi) is 10.0. The first-order chi connectivity index (χ1) is 24.5. The SMILES string of the molecule is Cc1cc(-c2ccc(C(=O)N3CCC(N4CCN(c5ccc(NC6CCC(=O)NC6=O)cc5F)CC4)C(F)(F)C3)c(OC(F)(F)F)c2)cn(C)c1=O. The van der Waals surface area contributed by atoms with Crippen LogP contribution in [0.4, 0.5) is 37.7 Å². The topological polar surface area (TPSA) is 116 Å². The molecule has 4 heterocycles. The highest BCUT2D eigenvalue weighted by Gasteiger charge is 2.49. The Bertz CT molecular complexity index is 1920. The van der Waals surface area contributed by atoms with Gasteiger partial charge >= 0.3 is 6.36 Å². The summed E-state index contributed by atoms with van der Waals surface area (Å²) in [6, 6.07) is 7.36. The van der Waals surface area contributed by atoms with E-state index in [2.05, 4.69) is 15.4 Å². The molecule has 3 aliphatic rings. The van der Waals surface area contributed by atoms with Gasteiger partial charge in [-0.2, -0.15) is 0 Å². The highest BCUT2D eigenvalue weighted by atomic mass is 19.4. The fourth-order valence-corrected chi connectivity index (χ4v) is 7.00. The number of benzene rings is 2. The van der Waals surface area contributed by atoms with Crippen LogP contribution in [0.2, 0.25) is 0 Å². The highest BCUT2D eigenvalue weighted by molar-refractivity contribution is 6.01. The summed E-state index contributed by atoms with van der Waals surface area (Å²) in [5, 5.41) is 5.15. The summed E-state index contributed by atoms with van der Waals surface area (Å²) in [4.78, 5) is 53.1. The zero-order chi connectivity index (χ0) is 37.5. The number of carbonyl (C=O) groups excluding carboxylic acids is 3. The van der Waals surface area contributed by atoms with Crippen molar-refractivity contribution in [3.05, 3.63) is 76.0 Å². The molecule has 3 aromatic rings. The van der Waals surface area contributed by atoms with Crippen LogP contribution < -0.4 is 25.8 Å². The minimum Gasteiger partial charge on any atom is -0.405 e. The lowest BCUT2D eigenvalue weighted by molar-refractivity contribution is -0.274. The van der Waals surface area contributed by atoms with Crippen LogP contribution in [0.25, 0.3) is 11.1 Å². The largest absolute Gasteiger partial charge is 0.573 e. The number of carbonyl (C=O) groups is 3. The normalized spacial score (nSPS) is 21.2. The summed E-state index contributed by atoms with van der Waals surface area (Å²) in [6.45, 7) is 1.16. The number of aromatic nitrogens is 1. The molecule has 52 heavy (non-hydrogen) atoms. The van der Waals surface area contributed by atoms with E-state index in [1.807, 2.05) is 0 Å². The number of hydrogen-bond acceptors (Lipinski definition) is 8. The number of piperidine rings is 2. The summed E-state index contributed by atoms with van der Waals surface area (Å²) in [5.74, 6) is -6.75. The molecule has 0 aliphatic carbocycles. The number of aryl methyl sites for hydroxylation is 2. The number of nitrogens with one attached hydrogen (secondary N) is 2. The van der Waals surface area contributed by atoms with Crippen molar-refractivity contribution in [2.45, 2.75) is 50.6 Å². The summed E-state index contributed by atoms with van der Waals surface area (Å²) in [5.41, 5.74) is 0.725. The number of halogens is 6. The minimum absolute atomic E-state index is 0.150. The average molecular weight is 735 g/mol. The van der Waals surface area contributed by atoms with Crippen LogP contribution in [0.5, 0.6) is 5.75 Å².